The van der Waals surface area contributed by atoms with Crippen molar-refractivity contribution in [2.75, 3.05) is 18.0 Å². The standard InChI is InChI=1S/C15H13BrN2O3/c16-12-1-2-13-10(7-12)3-5-18(13)14(19)8-17-15(20)11-4-6-21-9-11/h1-2,4,6-7,9H,3,5,8H2,(H,17,20). The molecule has 0 aliphatic carbocycles. The molecule has 2 heterocycles. The molecule has 6 heteroatoms. The summed E-state index contributed by atoms with van der Waals surface area (Å²) in [5.41, 5.74) is 2.47. The van der Waals surface area contributed by atoms with Crippen LogP contribution < -0.4 is 10.2 Å². The lowest BCUT2D eigenvalue weighted by Gasteiger charge is -2.17. The normalized spacial score (nSPS) is 13.1. The highest BCUT2D eigenvalue weighted by Crippen LogP contribution is 2.30. The lowest BCUT2D eigenvalue weighted by Crippen LogP contribution is -2.39. The van der Waals surface area contributed by atoms with E-state index in [-0.39, 0.29) is 18.4 Å². The van der Waals surface area contributed by atoms with E-state index in [2.05, 4.69) is 21.2 Å². The molecule has 0 unspecified atom stereocenters. The van der Waals surface area contributed by atoms with Gasteiger partial charge in [0.1, 0.15) is 6.26 Å². The van der Waals surface area contributed by atoms with Crippen molar-refractivity contribution in [3.63, 3.8) is 0 Å². The number of benzene rings is 1. The van der Waals surface area contributed by atoms with Gasteiger partial charge in [-0.05, 0) is 36.2 Å². The van der Waals surface area contributed by atoms with Gasteiger partial charge in [-0.2, -0.15) is 0 Å². The molecule has 0 spiro atoms. The summed E-state index contributed by atoms with van der Waals surface area (Å²) < 4.78 is 5.84. The molecule has 1 aliphatic heterocycles. The second kappa shape index (κ2) is 5.73. The highest BCUT2D eigenvalue weighted by molar-refractivity contribution is 9.10. The Kier molecular flexibility index (Phi) is 3.79. The Bertz CT molecular complexity index is 682. The average Bonchev–Trinajstić information content (AvgIpc) is 3.13. The molecule has 0 fully saturated rings. The minimum absolute atomic E-state index is 0.0283. The molecule has 1 aliphatic rings. The van der Waals surface area contributed by atoms with E-state index in [9.17, 15) is 9.59 Å². The number of carbonyl (C=O) groups is 2. The van der Waals surface area contributed by atoms with Crippen molar-refractivity contribution in [1.29, 1.82) is 0 Å². The fourth-order valence-corrected chi connectivity index (χ4v) is 2.78. The van der Waals surface area contributed by atoms with Crippen LogP contribution in [0.1, 0.15) is 15.9 Å². The van der Waals surface area contributed by atoms with Crippen molar-refractivity contribution < 1.29 is 14.0 Å². The highest BCUT2D eigenvalue weighted by Gasteiger charge is 2.24. The van der Waals surface area contributed by atoms with E-state index in [4.69, 9.17) is 4.42 Å². The molecule has 0 bridgehead atoms. The van der Waals surface area contributed by atoms with Gasteiger partial charge in [-0.1, -0.05) is 15.9 Å². The Balaban J connectivity index is 1.64. The van der Waals surface area contributed by atoms with Gasteiger partial charge in [0.05, 0.1) is 18.4 Å². The van der Waals surface area contributed by atoms with E-state index in [0.717, 1.165) is 22.1 Å². The fourth-order valence-electron chi connectivity index (χ4n) is 2.38. The quantitative estimate of drug-likeness (QED) is 0.925. The summed E-state index contributed by atoms with van der Waals surface area (Å²) in [4.78, 5) is 25.7. The summed E-state index contributed by atoms with van der Waals surface area (Å²) in [5, 5.41) is 2.60. The minimum Gasteiger partial charge on any atom is -0.472 e. The molecule has 1 aromatic heterocycles. The molecule has 0 radical (unpaired) electrons. The van der Waals surface area contributed by atoms with Gasteiger partial charge in [-0.3, -0.25) is 9.59 Å². The molecule has 3 rings (SSSR count). The zero-order valence-electron chi connectivity index (χ0n) is 11.1. The first-order valence-corrected chi connectivity index (χ1v) is 7.33. The number of anilines is 1. The SMILES string of the molecule is O=C(NCC(=O)N1CCc2cc(Br)ccc21)c1ccoc1. The van der Waals surface area contributed by atoms with E-state index in [1.165, 1.54) is 12.5 Å². The molecule has 0 saturated heterocycles. The smallest absolute Gasteiger partial charge is 0.254 e. The number of rotatable bonds is 3. The van der Waals surface area contributed by atoms with E-state index in [1.807, 2.05) is 18.2 Å². The van der Waals surface area contributed by atoms with Crippen LogP contribution in [0.3, 0.4) is 0 Å². The first-order chi connectivity index (χ1) is 10.1. The second-order valence-corrected chi connectivity index (χ2v) is 5.68. The van der Waals surface area contributed by atoms with Crippen LogP contribution in [0.5, 0.6) is 0 Å². The third kappa shape index (κ3) is 2.85. The van der Waals surface area contributed by atoms with E-state index in [1.54, 1.807) is 11.0 Å². The van der Waals surface area contributed by atoms with Crippen LogP contribution in [0, 0.1) is 0 Å². The predicted molar refractivity (Wildman–Crippen MR) is 81.2 cm³/mol. The number of hydrogen-bond acceptors (Lipinski definition) is 3. The molecular weight excluding hydrogens is 336 g/mol. The molecule has 2 amide bonds. The summed E-state index contributed by atoms with van der Waals surface area (Å²) in [6.07, 6.45) is 3.60. The number of nitrogens with zero attached hydrogens (tertiary/aromatic N) is 1. The Labute approximate surface area is 130 Å². The summed E-state index contributed by atoms with van der Waals surface area (Å²) in [7, 11) is 0. The molecule has 0 saturated carbocycles. The third-order valence-electron chi connectivity index (χ3n) is 3.42. The average molecular weight is 349 g/mol. The maximum absolute atomic E-state index is 12.2. The molecule has 21 heavy (non-hydrogen) atoms. The van der Waals surface area contributed by atoms with E-state index < -0.39 is 0 Å². The predicted octanol–water partition coefficient (Wildman–Crippen LogP) is 2.36. The van der Waals surface area contributed by atoms with Crippen molar-refractivity contribution in [1.82, 2.24) is 5.32 Å². The first-order valence-electron chi connectivity index (χ1n) is 6.54. The summed E-state index contributed by atoms with van der Waals surface area (Å²) in [6.45, 7) is 0.617. The maximum Gasteiger partial charge on any atom is 0.254 e. The Morgan fingerprint density at radius 3 is 2.95 bits per heavy atom. The number of amides is 2. The van der Waals surface area contributed by atoms with Crippen LogP contribution in [-0.2, 0) is 11.2 Å². The molecular formula is C15H13BrN2O3. The van der Waals surface area contributed by atoms with Gasteiger partial charge in [-0.15, -0.1) is 0 Å². The zero-order chi connectivity index (χ0) is 14.8. The monoisotopic (exact) mass is 348 g/mol. The summed E-state index contributed by atoms with van der Waals surface area (Å²) >= 11 is 3.42. The van der Waals surface area contributed by atoms with Crippen molar-refractivity contribution >= 4 is 33.4 Å². The Morgan fingerprint density at radius 1 is 1.33 bits per heavy atom. The number of carbonyl (C=O) groups excluding carboxylic acids is 2. The number of halogens is 1. The maximum atomic E-state index is 12.2. The van der Waals surface area contributed by atoms with Crippen LogP contribution in [0.2, 0.25) is 0 Å². The molecule has 0 atom stereocenters. The van der Waals surface area contributed by atoms with Crippen molar-refractivity contribution in [2.45, 2.75) is 6.42 Å². The van der Waals surface area contributed by atoms with Crippen molar-refractivity contribution in [2.24, 2.45) is 0 Å². The van der Waals surface area contributed by atoms with Gasteiger partial charge in [-0.25, -0.2) is 0 Å². The number of hydrogen-bond donors (Lipinski definition) is 1. The lowest BCUT2D eigenvalue weighted by atomic mass is 10.2. The van der Waals surface area contributed by atoms with E-state index in [0.29, 0.717) is 12.1 Å². The van der Waals surface area contributed by atoms with Gasteiger partial charge in [0.2, 0.25) is 5.91 Å². The highest BCUT2D eigenvalue weighted by atomic mass is 79.9. The minimum atomic E-state index is -0.313. The van der Waals surface area contributed by atoms with Crippen LogP contribution in [0.25, 0.3) is 0 Å². The lowest BCUT2D eigenvalue weighted by molar-refractivity contribution is -0.117. The largest absolute Gasteiger partial charge is 0.472 e. The van der Waals surface area contributed by atoms with Crippen molar-refractivity contribution in [3.8, 4) is 0 Å². The number of nitrogens with one attached hydrogen (secondary N) is 1. The van der Waals surface area contributed by atoms with Crippen LogP contribution >= 0.6 is 15.9 Å². The molecule has 1 aromatic carbocycles. The van der Waals surface area contributed by atoms with Gasteiger partial charge >= 0.3 is 0 Å². The number of fused-ring (bicyclic) bond motifs is 1. The molecule has 5 nitrogen and oxygen atoms in total. The second-order valence-electron chi connectivity index (χ2n) is 4.76. The topological polar surface area (TPSA) is 62.6 Å². The first kappa shape index (κ1) is 13.9. The van der Waals surface area contributed by atoms with Gasteiger partial charge < -0.3 is 14.6 Å². The van der Waals surface area contributed by atoms with Gasteiger partial charge in [0.25, 0.3) is 5.91 Å². The Hall–Kier alpha value is -2.08. The fraction of sp³-hybridized carbons (Fsp3) is 0.200. The van der Waals surface area contributed by atoms with Crippen LogP contribution in [-0.4, -0.2) is 24.9 Å². The van der Waals surface area contributed by atoms with Gasteiger partial charge in [0.15, 0.2) is 0 Å². The van der Waals surface area contributed by atoms with Crippen LogP contribution in [0.15, 0.2) is 45.7 Å². The van der Waals surface area contributed by atoms with Crippen molar-refractivity contribution in [3.05, 3.63) is 52.4 Å². The molecule has 2 aromatic rings. The zero-order valence-corrected chi connectivity index (χ0v) is 12.7. The molecule has 1 N–H and O–H groups in total. The van der Waals surface area contributed by atoms with E-state index >= 15 is 0 Å². The van der Waals surface area contributed by atoms with Crippen LogP contribution in [0.4, 0.5) is 5.69 Å². The third-order valence-corrected chi connectivity index (χ3v) is 3.91. The summed E-state index contributed by atoms with van der Waals surface area (Å²) in [5.74, 6) is -0.430. The Morgan fingerprint density at radius 2 is 2.19 bits per heavy atom. The number of furan rings is 1. The molecule has 108 valence electrons. The van der Waals surface area contributed by atoms with Gasteiger partial charge in [0, 0.05) is 16.7 Å². The summed E-state index contributed by atoms with van der Waals surface area (Å²) in [6, 6.07) is 7.41.